The SMILES string of the molecule is CCOCC.[MgH2].c1ccccc1. The first kappa shape index (κ1) is 14.5. The Labute approximate surface area is 91.3 Å². The lowest BCUT2D eigenvalue weighted by Gasteiger charge is -1.86. The third kappa shape index (κ3) is 12.6. The highest BCUT2D eigenvalue weighted by atomic mass is 24.3. The van der Waals surface area contributed by atoms with Gasteiger partial charge in [-0.2, -0.15) is 0 Å². The highest BCUT2D eigenvalue weighted by Gasteiger charge is 1.64. The molecule has 0 radical (unpaired) electrons. The number of hydrogen-bond acceptors (Lipinski definition) is 1. The van der Waals surface area contributed by atoms with Gasteiger partial charge in [-0.15, -0.1) is 0 Å². The summed E-state index contributed by atoms with van der Waals surface area (Å²) in [7, 11) is 0. The van der Waals surface area contributed by atoms with Crippen molar-refractivity contribution < 1.29 is 4.74 Å². The third-order valence-corrected chi connectivity index (χ3v) is 1.07. The van der Waals surface area contributed by atoms with E-state index < -0.39 is 0 Å². The minimum Gasteiger partial charge on any atom is -0.382 e. The van der Waals surface area contributed by atoms with Gasteiger partial charge in [0.2, 0.25) is 0 Å². The molecule has 0 bridgehead atoms. The Balaban J connectivity index is 0. The molecule has 0 N–H and O–H groups in total. The predicted molar refractivity (Wildman–Crippen MR) is 57.2 cm³/mol. The van der Waals surface area contributed by atoms with Gasteiger partial charge in [0.05, 0.1) is 0 Å². The summed E-state index contributed by atoms with van der Waals surface area (Å²) in [4.78, 5) is 0. The van der Waals surface area contributed by atoms with E-state index in [2.05, 4.69) is 0 Å². The second-order valence-electron chi connectivity index (χ2n) is 1.94. The van der Waals surface area contributed by atoms with Gasteiger partial charge >= 0.3 is 23.1 Å². The lowest BCUT2D eigenvalue weighted by molar-refractivity contribution is 0.162. The molecule has 1 rings (SSSR count). The van der Waals surface area contributed by atoms with Gasteiger partial charge in [-0.25, -0.2) is 0 Å². The van der Waals surface area contributed by atoms with Crippen molar-refractivity contribution in [2.45, 2.75) is 13.8 Å². The van der Waals surface area contributed by atoms with Gasteiger partial charge in [0.25, 0.3) is 0 Å². The van der Waals surface area contributed by atoms with Gasteiger partial charge in [0.15, 0.2) is 0 Å². The van der Waals surface area contributed by atoms with E-state index >= 15 is 0 Å². The molecule has 0 fully saturated rings. The molecule has 0 saturated carbocycles. The highest BCUT2D eigenvalue weighted by molar-refractivity contribution is 5.75. The Morgan fingerprint density at radius 2 is 1.00 bits per heavy atom. The molecule has 0 aliphatic heterocycles. The largest absolute Gasteiger partial charge is 0.382 e. The Hall–Kier alpha value is -0.0538. The first-order valence-electron chi connectivity index (χ1n) is 3.99. The molecule has 1 aromatic carbocycles. The lowest BCUT2D eigenvalue weighted by atomic mass is 10.4. The van der Waals surface area contributed by atoms with Crippen LogP contribution in [0.4, 0.5) is 0 Å². The van der Waals surface area contributed by atoms with Crippen molar-refractivity contribution in [1.29, 1.82) is 0 Å². The summed E-state index contributed by atoms with van der Waals surface area (Å²) >= 11 is 0. The normalized spacial score (nSPS) is 7.50. The van der Waals surface area contributed by atoms with Crippen molar-refractivity contribution in [2.75, 3.05) is 13.2 Å². The summed E-state index contributed by atoms with van der Waals surface area (Å²) in [6.45, 7) is 5.67. The maximum absolute atomic E-state index is 4.83. The summed E-state index contributed by atoms with van der Waals surface area (Å²) in [5.74, 6) is 0. The van der Waals surface area contributed by atoms with Crippen LogP contribution in [0.3, 0.4) is 0 Å². The highest BCUT2D eigenvalue weighted by Crippen LogP contribution is 1.79. The molecule has 1 nitrogen and oxygen atoms in total. The van der Waals surface area contributed by atoms with E-state index in [4.69, 9.17) is 4.74 Å². The Morgan fingerprint density at radius 3 is 1.08 bits per heavy atom. The van der Waals surface area contributed by atoms with E-state index in [-0.39, 0.29) is 23.1 Å². The summed E-state index contributed by atoms with van der Waals surface area (Å²) in [6.07, 6.45) is 0. The van der Waals surface area contributed by atoms with Gasteiger partial charge in [-0.1, -0.05) is 36.4 Å². The summed E-state index contributed by atoms with van der Waals surface area (Å²) in [5, 5.41) is 0. The summed E-state index contributed by atoms with van der Waals surface area (Å²) < 4.78 is 4.83. The van der Waals surface area contributed by atoms with E-state index in [9.17, 15) is 0 Å². The average Bonchev–Trinajstić information content (AvgIpc) is 2.10. The molecule has 0 aliphatic rings. The summed E-state index contributed by atoms with van der Waals surface area (Å²) in [6, 6.07) is 12.0. The van der Waals surface area contributed by atoms with E-state index in [1.807, 2.05) is 50.2 Å². The molecule has 2 heteroatoms. The lowest BCUT2D eigenvalue weighted by Crippen LogP contribution is -1.84. The first-order chi connectivity index (χ1) is 5.41. The van der Waals surface area contributed by atoms with Crippen LogP contribution in [0.5, 0.6) is 0 Å². The molecule has 1 aromatic rings. The molecule has 0 atom stereocenters. The van der Waals surface area contributed by atoms with Gasteiger partial charge in [0, 0.05) is 13.2 Å². The molecule has 66 valence electrons. The van der Waals surface area contributed by atoms with Crippen LogP contribution in [0.2, 0.25) is 0 Å². The second-order valence-corrected chi connectivity index (χ2v) is 1.94. The quantitative estimate of drug-likeness (QED) is 0.628. The minimum absolute atomic E-state index is 0. The monoisotopic (exact) mass is 178 g/mol. The van der Waals surface area contributed by atoms with Crippen molar-refractivity contribution in [3.05, 3.63) is 36.4 Å². The molecule has 0 aromatic heterocycles. The molecule has 0 heterocycles. The molecule has 12 heavy (non-hydrogen) atoms. The fourth-order valence-corrected chi connectivity index (χ4v) is 0.589. The number of benzene rings is 1. The van der Waals surface area contributed by atoms with Crippen molar-refractivity contribution in [2.24, 2.45) is 0 Å². The number of hydrogen-bond donors (Lipinski definition) is 0. The van der Waals surface area contributed by atoms with Crippen molar-refractivity contribution in [1.82, 2.24) is 0 Å². The maximum Gasteiger partial charge on any atom is 0.316 e. The average molecular weight is 179 g/mol. The third-order valence-electron chi connectivity index (χ3n) is 1.07. The van der Waals surface area contributed by atoms with Crippen molar-refractivity contribution >= 4 is 23.1 Å². The Bertz CT molecular complexity index is 113. The Kier molecular flexibility index (Phi) is 16.3. The zero-order chi connectivity index (χ0) is 8.36. The van der Waals surface area contributed by atoms with Crippen LogP contribution >= 0.6 is 0 Å². The van der Waals surface area contributed by atoms with Crippen molar-refractivity contribution in [3.63, 3.8) is 0 Å². The molecular formula is C10H18MgO. The van der Waals surface area contributed by atoms with Gasteiger partial charge in [0.1, 0.15) is 0 Å². The molecule has 0 amide bonds. The topological polar surface area (TPSA) is 9.23 Å². The Morgan fingerprint density at radius 1 is 0.750 bits per heavy atom. The van der Waals surface area contributed by atoms with Crippen LogP contribution in [0.15, 0.2) is 36.4 Å². The first-order valence-corrected chi connectivity index (χ1v) is 3.99. The molecule has 0 aliphatic carbocycles. The van der Waals surface area contributed by atoms with Gasteiger partial charge in [-0.3, -0.25) is 0 Å². The van der Waals surface area contributed by atoms with Gasteiger partial charge in [-0.05, 0) is 13.8 Å². The van der Waals surface area contributed by atoms with Crippen LogP contribution < -0.4 is 0 Å². The number of rotatable bonds is 2. The zero-order valence-electron chi connectivity index (χ0n) is 7.29. The fourth-order valence-electron chi connectivity index (χ4n) is 0.589. The maximum atomic E-state index is 4.83. The van der Waals surface area contributed by atoms with Crippen LogP contribution in [0, 0.1) is 0 Å². The molecule has 0 unspecified atom stereocenters. The van der Waals surface area contributed by atoms with E-state index in [1.54, 1.807) is 0 Å². The smallest absolute Gasteiger partial charge is 0.316 e. The van der Waals surface area contributed by atoms with Crippen molar-refractivity contribution in [3.8, 4) is 0 Å². The van der Waals surface area contributed by atoms with Gasteiger partial charge < -0.3 is 4.74 Å². The standard InChI is InChI=1S/C6H6.C4H10O.Mg.2H/c1-2-4-6-5-3-1;1-3-5-4-2;;;/h1-6H;3-4H2,1-2H3;;;. The van der Waals surface area contributed by atoms with E-state index in [1.165, 1.54) is 0 Å². The molecular weight excluding hydrogens is 160 g/mol. The zero-order valence-corrected chi connectivity index (χ0v) is 7.29. The molecule has 0 spiro atoms. The fraction of sp³-hybridized carbons (Fsp3) is 0.400. The second kappa shape index (κ2) is 13.5. The van der Waals surface area contributed by atoms with Crippen LogP contribution in [-0.2, 0) is 4.74 Å². The van der Waals surface area contributed by atoms with Crippen LogP contribution in [-0.4, -0.2) is 36.3 Å². The predicted octanol–water partition coefficient (Wildman–Crippen LogP) is 1.81. The van der Waals surface area contributed by atoms with E-state index in [0.29, 0.717) is 0 Å². The molecule has 0 saturated heterocycles. The van der Waals surface area contributed by atoms with Crippen LogP contribution in [0.25, 0.3) is 0 Å². The van der Waals surface area contributed by atoms with Crippen LogP contribution in [0.1, 0.15) is 13.8 Å². The number of ether oxygens (including phenoxy) is 1. The van der Waals surface area contributed by atoms with E-state index in [0.717, 1.165) is 13.2 Å². The minimum atomic E-state index is 0. The summed E-state index contributed by atoms with van der Waals surface area (Å²) in [5.41, 5.74) is 0.